The monoisotopic (exact) mass is 508 g/mol. The Labute approximate surface area is 220 Å². The topological polar surface area (TPSA) is 91.5 Å². The van der Waals surface area contributed by atoms with E-state index in [4.69, 9.17) is 9.72 Å². The number of ether oxygens (including phenoxy) is 1. The van der Waals surface area contributed by atoms with Crippen LogP contribution in [0.3, 0.4) is 0 Å². The lowest BCUT2D eigenvalue weighted by Gasteiger charge is -2.06. The lowest BCUT2D eigenvalue weighted by atomic mass is 10.1. The van der Waals surface area contributed by atoms with Crippen LogP contribution in [-0.4, -0.2) is 45.3 Å². The number of methoxy groups -OCH3 is 1. The minimum atomic E-state index is -0.386. The summed E-state index contributed by atoms with van der Waals surface area (Å²) in [6.45, 7) is 9.63. The van der Waals surface area contributed by atoms with E-state index >= 15 is 0 Å². The van der Waals surface area contributed by atoms with Gasteiger partial charge in [0.05, 0.1) is 29.7 Å². The molecule has 5 aromatic rings. The molecule has 0 amide bonds. The zero-order valence-corrected chi connectivity index (χ0v) is 21.6. The molecule has 0 saturated heterocycles. The molecule has 0 atom stereocenters. The maximum absolute atomic E-state index is 14.2. The highest BCUT2D eigenvalue weighted by Crippen LogP contribution is 2.34. The zero-order valence-electron chi connectivity index (χ0n) is 21.6. The molecule has 7 nitrogen and oxygen atoms in total. The van der Waals surface area contributed by atoms with Gasteiger partial charge in [-0.3, -0.25) is 10.1 Å². The Morgan fingerprint density at radius 2 is 2.00 bits per heavy atom. The lowest BCUT2D eigenvalue weighted by Crippen LogP contribution is -2.15. The van der Waals surface area contributed by atoms with Gasteiger partial charge in [-0.1, -0.05) is 25.7 Å². The van der Waals surface area contributed by atoms with Crippen LogP contribution in [0, 0.1) is 5.82 Å². The number of aromatic amines is 2. The van der Waals surface area contributed by atoms with E-state index in [0.29, 0.717) is 22.7 Å². The van der Waals surface area contributed by atoms with Crippen molar-refractivity contribution in [2.24, 2.45) is 0 Å². The second-order valence-electron chi connectivity index (χ2n) is 8.80. The molecular formula is C30H29FN6O. The van der Waals surface area contributed by atoms with Gasteiger partial charge in [-0.2, -0.15) is 5.10 Å². The SMILES string of the molecule is C=C/C(=C\C(=C/C)c1ccc2[nH]nc(-c3cc4c(-c5cc(F)cc(OC)c5)nccc4[nH]3)c2n1)CNCC. The average Bonchev–Trinajstić information content (AvgIpc) is 3.56. The summed E-state index contributed by atoms with van der Waals surface area (Å²) >= 11 is 0. The number of rotatable bonds is 9. The number of allylic oxidation sites excluding steroid dienone is 3. The molecule has 0 fully saturated rings. The molecule has 0 radical (unpaired) electrons. The molecule has 0 spiro atoms. The Bertz CT molecular complexity index is 1690. The summed E-state index contributed by atoms with van der Waals surface area (Å²) in [5, 5.41) is 11.8. The highest BCUT2D eigenvalue weighted by Gasteiger charge is 2.17. The van der Waals surface area contributed by atoms with Crippen LogP contribution < -0.4 is 10.1 Å². The summed E-state index contributed by atoms with van der Waals surface area (Å²) in [5.41, 5.74) is 8.10. The number of nitrogens with zero attached hydrogens (tertiary/aromatic N) is 3. The van der Waals surface area contributed by atoms with Crippen molar-refractivity contribution < 1.29 is 9.13 Å². The first-order valence-corrected chi connectivity index (χ1v) is 12.4. The summed E-state index contributed by atoms with van der Waals surface area (Å²) in [7, 11) is 1.51. The molecule has 0 bridgehead atoms. The molecule has 0 saturated carbocycles. The standard InChI is InChI=1S/C30H29FN6O/c1-5-18(17-32-7-3)12-19(6-2)24-8-9-26-29(35-24)30(37-36-26)27-16-23-25(34-27)10-11-33-28(23)20-13-21(31)15-22(14-20)38-4/h5-6,8-16,32,34H,1,7,17H2,2-4H3,(H,36,37)/b18-12+,19-6+. The number of likely N-dealkylation sites (N-methyl/N-ethyl adjacent to an activating group) is 1. The second kappa shape index (κ2) is 10.8. The van der Waals surface area contributed by atoms with Gasteiger partial charge in [0.25, 0.3) is 0 Å². The van der Waals surface area contributed by atoms with Crippen LogP contribution in [0.15, 0.2) is 79.0 Å². The maximum atomic E-state index is 14.2. The summed E-state index contributed by atoms with van der Waals surface area (Å²) in [4.78, 5) is 13.0. The lowest BCUT2D eigenvalue weighted by molar-refractivity contribution is 0.411. The molecule has 0 aliphatic carbocycles. The minimum Gasteiger partial charge on any atom is -0.497 e. The predicted octanol–water partition coefficient (Wildman–Crippen LogP) is 6.44. The van der Waals surface area contributed by atoms with Crippen LogP contribution in [0.5, 0.6) is 5.75 Å². The fraction of sp³-hybridized carbons (Fsp3) is 0.167. The van der Waals surface area contributed by atoms with Gasteiger partial charge in [0, 0.05) is 35.3 Å². The fourth-order valence-corrected chi connectivity index (χ4v) is 4.43. The largest absolute Gasteiger partial charge is 0.497 e. The van der Waals surface area contributed by atoms with Crippen molar-refractivity contribution in [2.45, 2.75) is 13.8 Å². The smallest absolute Gasteiger partial charge is 0.135 e. The van der Waals surface area contributed by atoms with Crippen LogP contribution in [0.4, 0.5) is 4.39 Å². The Balaban J connectivity index is 1.58. The number of hydrogen-bond donors (Lipinski definition) is 3. The Kier molecular flexibility index (Phi) is 7.15. The number of nitrogens with one attached hydrogen (secondary N) is 3. The fourth-order valence-electron chi connectivity index (χ4n) is 4.43. The number of aromatic nitrogens is 5. The summed E-state index contributed by atoms with van der Waals surface area (Å²) in [6.07, 6.45) is 7.69. The highest BCUT2D eigenvalue weighted by molar-refractivity contribution is 5.99. The summed E-state index contributed by atoms with van der Waals surface area (Å²) in [5.74, 6) is 0.0476. The molecule has 8 heteroatoms. The molecule has 4 aromatic heterocycles. The molecule has 38 heavy (non-hydrogen) atoms. The molecule has 0 aliphatic heterocycles. The molecule has 1 aromatic carbocycles. The maximum Gasteiger partial charge on any atom is 0.135 e. The van der Waals surface area contributed by atoms with Crippen molar-refractivity contribution in [2.75, 3.05) is 20.2 Å². The number of fused-ring (bicyclic) bond motifs is 2. The molecular weight excluding hydrogens is 479 g/mol. The van der Waals surface area contributed by atoms with Gasteiger partial charge in [0.2, 0.25) is 0 Å². The predicted molar refractivity (Wildman–Crippen MR) is 151 cm³/mol. The second-order valence-corrected chi connectivity index (χ2v) is 8.80. The first-order chi connectivity index (χ1) is 18.5. The number of halogens is 1. The van der Waals surface area contributed by atoms with E-state index in [1.54, 1.807) is 12.3 Å². The van der Waals surface area contributed by atoms with E-state index < -0.39 is 0 Å². The van der Waals surface area contributed by atoms with Crippen molar-refractivity contribution in [3.63, 3.8) is 0 Å². The van der Waals surface area contributed by atoms with Gasteiger partial charge in [0.1, 0.15) is 22.8 Å². The van der Waals surface area contributed by atoms with E-state index in [1.807, 2.05) is 43.3 Å². The van der Waals surface area contributed by atoms with Crippen LogP contribution >= 0.6 is 0 Å². The quantitative estimate of drug-likeness (QED) is 0.199. The normalized spacial score (nSPS) is 12.4. The van der Waals surface area contributed by atoms with Crippen molar-refractivity contribution in [1.82, 2.24) is 30.5 Å². The van der Waals surface area contributed by atoms with Gasteiger partial charge in [-0.25, -0.2) is 9.37 Å². The Morgan fingerprint density at radius 3 is 2.76 bits per heavy atom. The van der Waals surface area contributed by atoms with Crippen LogP contribution in [-0.2, 0) is 0 Å². The van der Waals surface area contributed by atoms with E-state index in [-0.39, 0.29) is 5.82 Å². The van der Waals surface area contributed by atoms with Crippen molar-refractivity contribution >= 4 is 27.5 Å². The van der Waals surface area contributed by atoms with E-state index in [1.165, 1.54) is 19.2 Å². The molecule has 0 unspecified atom stereocenters. The number of benzene rings is 1. The van der Waals surface area contributed by atoms with Crippen LogP contribution in [0.2, 0.25) is 0 Å². The molecule has 0 aliphatic rings. The number of hydrogen-bond acceptors (Lipinski definition) is 5. The van der Waals surface area contributed by atoms with Gasteiger partial charge < -0.3 is 15.0 Å². The van der Waals surface area contributed by atoms with E-state index in [9.17, 15) is 4.39 Å². The zero-order chi connectivity index (χ0) is 26.6. The first kappa shape index (κ1) is 25.1. The van der Waals surface area contributed by atoms with Crippen LogP contribution in [0.1, 0.15) is 19.5 Å². The van der Waals surface area contributed by atoms with Gasteiger partial charge in [-0.05, 0) is 67.1 Å². The molecule has 5 rings (SSSR count). The summed E-state index contributed by atoms with van der Waals surface area (Å²) < 4.78 is 19.5. The first-order valence-electron chi connectivity index (χ1n) is 12.4. The summed E-state index contributed by atoms with van der Waals surface area (Å²) in [6, 6.07) is 12.4. The van der Waals surface area contributed by atoms with Crippen molar-refractivity contribution in [3.05, 3.63) is 90.6 Å². The third kappa shape index (κ3) is 4.86. The van der Waals surface area contributed by atoms with Gasteiger partial charge in [0.15, 0.2) is 0 Å². The molecule has 3 N–H and O–H groups in total. The third-order valence-corrected chi connectivity index (χ3v) is 6.38. The number of pyridine rings is 2. The van der Waals surface area contributed by atoms with Gasteiger partial charge >= 0.3 is 0 Å². The third-order valence-electron chi connectivity index (χ3n) is 6.38. The average molecular weight is 509 g/mol. The van der Waals surface area contributed by atoms with E-state index in [2.05, 4.69) is 45.1 Å². The number of H-pyrrole nitrogens is 2. The van der Waals surface area contributed by atoms with Crippen LogP contribution in [0.25, 0.3) is 50.2 Å². The molecule has 4 heterocycles. The Morgan fingerprint density at radius 1 is 1.13 bits per heavy atom. The Hall–Kier alpha value is -4.56. The highest BCUT2D eigenvalue weighted by atomic mass is 19.1. The minimum absolute atomic E-state index is 0.386. The molecule has 192 valence electrons. The van der Waals surface area contributed by atoms with E-state index in [0.717, 1.165) is 57.6 Å². The van der Waals surface area contributed by atoms with Gasteiger partial charge in [-0.15, -0.1) is 0 Å². The van der Waals surface area contributed by atoms with Crippen molar-refractivity contribution in [1.29, 1.82) is 0 Å². The van der Waals surface area contributed by atoms with Crippen molar-refractivity contribution in [3.8, 4) is 28.4 Å².